The lowest BCUT2D eigenvalue weighted by Crippen LogP contribution is -2.50. The number of carbonyl (C=O) groups excluding carboxylic acids is 1. The third-order valence-corrected chi connectivity index (χ3v) is 4.61. The van der Waals surface area contributed by atoms with Gasteiger partial charge in [0.1, 0.15) is 5.60 Å². The van der Waals surface area contributed by atoms with E-state index in [1.807, 2.05) is 11.8 Å². The number of ether oxygens (including phenoxy) is 1. The van der Waals surface area contributed by atoms with Gasteiger partial charge in [0.15, 0.2) is 0 Å². The zero-order valence-electron chi connectivity index (χ0n) is 9.88. The molecule has 2 heterocycles. The van der Waals surface area contributed by atoms with E-state index in [1.54, 1.807) is 0 Å². The number of rotatable bonds is 2. The van der Waals surface area contributed by atoms with Crippen molar-refractivity contribution in [3.63, 3.8) is 0 Å². The van der Waals surface area contributed by atoms with Crippen LogP contribution in [0.5, 0.6) is 0 Å². The molecule has 0 saturated carbocycles. The molecule has 0 N–H and O–H groups in total. The molecule has 2 unspecified atom stereocenters. The van der Waals surface area contributed by atoms with Crippen LogP contribution < -0.4 is 0 Å². The van der Waals surface area contributed by atoms with Crippen molar-refractivity contribution in [1.29, 1.82) is 0 Å². The van der Waals surface area contributed by atoms with E-state index in [0.717, 1.165) is 44.3 Å². The summed E-state index contributed by atoms with van der Waals surface area (Å²) in [5.41, 5.74) is -0.534. The normalized spacial score (nSPS) is 35.4. The standard InChI is InChI=1S/C12H20BrNO2/c1-12(5-3-7-16-12)11(15)14-6-2-4-10(8-13)9-14/h10H,2-9H2,1H3. The highest BCUT2D eigenvalue weighted by atomic mass is 79.9. The molecular weight excluding hydrogens is 270 g/mol. The maximum atomic E-state index is 12.4. The molecule has 4 heteroatoms. The van der Waals surface area contributed by atoms with Gasteiger partial charge in [-0.15, -0.1) is 0 Å². The number of amides is 1. The molecule has 2 atom stereocenters. The molecular formula is C12H20BrNO2. The van der Waals surface area contributed by atoms with E-state index in [0.29, 0.717) is 5.92 Å². The SMILES string of the molecule is CC1(C(=O)N2CCCC(CBr)C2)CCCO1. The van der Waals surface area contributed by atoms with E-state index in [2.05, 4.69) is 15.9 Å². The second-order valence-corrected chi connectivity index (χ2v) is 5.74. The number of hydrogen-bond donors (Lipinski definition) is 0. The van der Waals surface area contributed by atoms with Crippen LogP contribution in [0.25, 0.3) is 0 Å². The molecule has 0 spiro atoms. The maximum absolute atomic E-state index is 12.4. The fraction of sp³-hybridized carbons (Fsp3) is 0.917. The first-order valence-electron chi connectivity index (χ1n) is 6.15. The quantitative estimate of drug-likeness (QED) is 0.730. The lowest BCUT2D eigenvalue weighted by atomic mass is 9.96. The molecule has 2 saturated heterocycles. The summed E-state index contributed by atoms with van der Waals surface area (Å²) in [4.78, 5) is 14.4. The third kappa shape index (κ3) is 2.43. The van der Waals surface area contributed by atoms with Crippen molar-refractivity contribution in [2.45, 2.75) is 38.2 Å². The van der Waals surface area contributed by atoms with Crippen molar-refractivity contribution < 1.29 is 9.53 Å². The summed E-state index contributed by atoms with van der Waals surface area (Å²) in [6.07, 6.45) is 4.24. The van der Waals surface area contributed by atoms with E-state index >= 15 is 0 Å². The molecule has 0 aromatic carbocycles. The summed E-state index contributed by atoms with van der Waals surface area (Å²) < 4.78 is 5.62. The van der Waals surface area contributed by atoms with Crippen LogP contribution in [-0.2, 0) is 9.53 Å². The van der Waals surface area contributed by atoms with Crippen LogP contribution in [0.1, 0.15) is 32.6 Å². The van der Waals surface area contributed by atoms with Gasteiger partial charge in [0.2, 0.25) is 0 Å². The van der Waals surface area contributed by atoms with Crippen LogP contribution in [-0.4, -0.2) is 41.4 Å². The molecule has 1 amide bonds. The summed E-state index contributed by atoms with van der Waals surface area (Å²) in [6, 6.07) is 0. The number of carbonyl (C=O) groups is 1. The van der Waals surface area contributed by atoms with Crippen LogP contribution in [0.15, 0.2) is 0 Å². The first-order valence-corrected chi connectivity index (χ1v) is 7.27. The van der Waals surface area contributed by atoms with Crippen LogP contribution in [0, 0.1) is 5.92 Å². The van der Waals surface area contributed by atoms with Crippen molar-refractivity contribution in [2.75, 3.05) is 25.0 Å². The second-order valence-electron chi connectivity index (χ2n) is 5.10. The smallest absolute Gasteiger partial charge is 0.254 e. The fourth-order valence-electron chi connectivity index (χ4n) is 2.66. The Kier molecular flexibility index (Phi) is 3.90. The van der Waals surface area contributed by atoms with E-state index in [1.165, 1.54) is 6.42 Å². The molecule has 92 valence electrons. The monoisotopic (exact) mass is 289 g/mol. The molecule has 2 rings (SSSR count). The van der Waals surface area contributed by atoms with Gasteiger partial charge < -0.3 is 9.64 Å². The summed E-state index contributed by atoms with van der Waals surface area (Å²) in [7, 11) is 0. The minimum Gasteiger partial charge on any atom is -0.365 e. The number of halogens is 1. The predicted molar refractivity (Wildman–Crippen MR) is 66.7 cm³/mol. The molecule has 0 aromatic heterocycles. The van der Waals surface area contributed by atoms with Crippen molar-refractivity contribution >= 4 is 21.8 Å². The number of hydrogen-bond acceptors (Lipinski definition) is 2. The Labute approximate surface area is 106 Å². The first-order chi connectivity index (χ1) is 7.65. The largest absolute Gasteiger partial charge is 0.365 e. The number of piperidine rings is 1. The van der Waals surface area contributed by atoms with Crippen molar-refractivity contribution in [1.82, 2.24) is 4.90 Å². The van der Waals surface area contributed by atoms with E-state index < -0.39 is 5.60 Å². The maximum Gasteiger partial charge on any atom is 0.254 e. The zero-order valence-corrected chi connectivity index (χ0v) is 11.5. The summed E-state index contributed by atoms with van der Waals surface area (Å²) >= 11 is 3.52. The molecule has 0 radical (unpaired) electrons. The minimum absolute atomic E-state index is 0.204. The summed E-state index contributed by atoms with van der Waals surface area (Å²) in [5.74, 6) is 0.818. The Morgan fingerprint density at radius 1 is 1.56 bits per heavy atom. The second kappa shape index (κ2) is 5.05. The molecule has 2 aliphatic rings. The lowest BCUT2D eigenvalue weighted by Gasteiger charge is -2.36. The number of alkyl halides is 1. The molecule has 16 heavy (non-hydrogen) atoms. The van der Waals surface area contributed by atoms with Gasteiger partial charge in [0.05, 0.1) is 0 Å². The van der Waals surface area contributed by atoms with Crippen molar-refractivity contribution in [2.24, 2.45) is 5.92 Å². The average Bonchev–Trinajstić information content (AvgIpc) is 2.76. The first kappa shape index (κ1) is 12.4. The molecule has 0 aliphatic carbocycles. The van der Waals surface area contributed by atoms with Crippen LogP contribution >= 0.6 is 15.9 Å². The number of nitrogens with zero attached hydrogens (tertiary/aromatic N) is 1. The molecule has 3 nitrogen and oxygen atoms in total. The van der Waals surface area contributed by atoms with E-state index in [9.17, 15) is 4.79 Å². The third-order valence-electron chi connectivity index (χ3n) is 3.70. The summed E-state index contributed by atoms with van der Waals surface area (Å²) in [6.45, 7) is 4.47. The number of likely N-dealkylation sites (tertiary alicyclic amines) is 1. The van der Waals surface area contributed by atoms with Gasteiger partial charge in [-0.2, -0.15) is 0 Å². The van der Waals surface area contributed by atoms with E-state index in [4.69, 9.17) is 4.74 Å². The fourth-order valence-corrected chi connectivity index (χ4v) is 3.19. The topological polar surface area (TPSA) is 29.5 Å². The Bertz CT molecular complexity index is 264. The highest BCUT2D eigenvalue weighted by Crippen LogP contribution is 2.29. The minimum atomic E-state index is -0.534. The van der Waals surface area contributed by atoms with Crippen LogP contribution in [0.2, 0.25) is 0 Å². The molecule has 0 bridgehead atoms. The lowest BCUT2D eigenvalue weighted by molar-refractivity contribution is -0.152. The van der Waals surface area contributed by atoms with Gasteiger partial charge in [0, 0.05) is 25.0 Å². The molecule has 2 fully saturated rings. The Morgan fingerprint density at radius 3 is 3.00 bits per heavy atom. The predicted octanol–water partition coefficient (Wildman–Crippen LogP) is 2.19. The zero-order chi connectivity index (χ0) is 11.6. The Balaban J connectivity index is 1.98. The van der Waals surface area contributed by atoms with Gasteiger partial charge in [0.25, 0.3) is 5.91 Å². The Hall–Kier alpha value is -0.0900. The highest BCUT2D eigenvalue weighted by molar-refractivity contribution is 9.09. The summed E-state index contributed by atoms with van der Waals surface area (Å²) in [5, 5.41) is 0.994. The van der Waals surface area contributed by atoms with Crippen LogP contribution in [0.4, 0.5) is 0 Å². The van der Waals surface area contributed by atoms with Gasteiger partial charge in [-0.25, -0.2) is 0 Å². The van der Waals surface area contributed by atoms with Crippen LogP contribution in [0.3, 0.4) is 0 Å². The van der Waals surface area contributed by atoms with E-state index in [-0.39, 0.29) is 5.91 Å². The van der Waals surface area contributed by atoms with Gasteiger partial charge in [-0.05, 0) is 38.5 Å². The molecule has 2 aliphatic heterocycles. The molecule has 0 aromatic rings. The Morgan fingerprint density at radius 2 is 2.38 bits per heavy atom. The van der Waals surface area contributed by atoms with Gasteiger partial charge >= 0.3 is 0 Å². The highest BCUT2D eigenvalue weighted by Gasteiger charge is 2.41. The van der Waals surface area contributed by atoms with Crippen molar-refractivity contribution in [3.05, 3.63) is 0 Å². The van der Waals surface area contributed by atoms with Gasteiger partial charge in [-0.3, -0.25) is 4.79 Å². The van der Waals surface area contributed by atoms with Gasteiger partial charge in [-0.1, -0.05) is 15.9 Å². The van der Waals surface area contributed by atoms with Crippen molar-refractivity contribution in [3.8, 4) is 0 Å². The average molecular weight is 290 g/mol.